The SMILES string of the molecule is CCCN(CCN(C)C)C(=O)c1cncc(C#CCO)c1. The molecular formula is C16H23N3O2. The van der Waals surface area contributed by atoms with Crippen LogP contribution in [0.4, 0.5) is 0 Å². The lowest BCUT2D eigenvalue weighted by Crippen LogP contribution is -2.37. The van der Waals surface area contributed by atoms with Gasteiger partial charge in [-0.1, -0.05) is 18.8 Å². The summed E-state index contributed by atoms with van der Waals surface area (Å²) in [4.78, 5) is 20.5. The van der Waals surface area contributed by atoms with Crippen molar-refractivity contribution < 1.29 is 9.90 Å². The molecule has 0 aliphatic heterocycles. The zero-order valence-corrected chi connectivity index (χ0v) is 13.0. The Morgan fingerprint density at radius 2 is 2.05 bits per heavy atom. The van der Waals surface area contributed by atoms with Crippen LogP contribution in [0.25, 0.3) is 0 Å². The molecule has 0 aliphatic rings. The molecule has 0 aliphatic carbocycles. The topological polar surface area (TPSA) is 56.7 Å². The van der Waals surface area contributed by atoms with Crippen LogP contribution in [-0.4, -0.2) is 66.1 Å². The van der Waals surface area contributed by atoms with E-state index in [1.807, 2.05) is 19.0 Å². The Labute approximate surface area is 126 Å². The molecule has 0 saturated heterocycles. The molecule has 1 aromatic heterocycles. The Kier molecular flexibility index (Phi) is 7.44. The van der Waals surface area contributed by atoms with Gasteiger partial charge in [0.15, 0.2) is 0 Å². The molecule has 0 saturated carbocycles. The average Bonchev–Trinajstić information content (AvgIpc) is 2.48. The van der Waals surface area contributed by atoms with Crippen molar-refractivity contribution in [1.82, 2.24) is 14.8 Å². The lowest BCUT2D eigenvalue weighted by Gasteiger charge is -2.24. The van der Waals surface area contributed by atoms with Gasteiger partial charge in [0.05, 0.1) is 5.56 Å². The van der Waals surface area contributed by atoms with Crippen LogP contribution in [-0.2, 0) is 0 Å². The maximum atomic E-state index is 12.5. The van der Waals surface area contributed by atoms with Crippen LogP contribution in [0.15, 0.2) is 18.5 Å². The fraction of sp³-hybridized carbons (Fsp3) is 0.500. The van der Waals surface area contributed by atoms with Crippen molar-refractivity contribution in [1.29, 1.82) is 0 Å². The van der Waals surface area contributed by atoms with E-state index in [9.17, 15) is 4.79 Å². The lowest BCUT2D eigenvalue weighted by molar-refractivity contribution is 0.0744. The molecule has 1 aromatic rings. The predicted octanol–water partition coefficient (Wildman–Crippen LogP) is 0.839. The molecule has 1 N–H and O–H groups in total. The Hall–Kier alpha value is -1.90. The van der Waals surface area contributed by atoms with Gasteiger partial charge in [0.2, 0.25) is 0 Å². The highest BCUT2D eigenvalue weighted by atomic mass is 16.2. The first-order chi connectivity index (χ1) is 10.1. The number of carbonyl (C=O) groups excluding carboxylic acids is 1. The van der Waals surface area contributed by atoms with Crippen molar-refractivity contribution >= 4 is 5.91 Å². The minimum Gasteiger partial charge on any atom is -0.384 e. The second kappa shape index (κ2) is 9.11. The quantitative estimate of drug-likeness (QED) is 0.789. The van der Waals surface area contributed by atoms with Gasteiger partial charge in [-0.3, -0.25) is 9.78 Å². The molecule has 21 heavy (non-hydrogen) atoms. The van der Waals surface area contributed by atoms with Gasteiger partial charge in [-0.05, 0) is 26.6 Å². The van der Waals surface area contributed by atoms with E-state index in [2.05, 4.69) is 28.6 Å². The first kappa shape index (κ1) is 17.2. The predicted molar refractivity (Wildman–Crippen MR) is 82.9 cm³/mol. The number of carbonyl (C=O) groups is 1. The fourth-order valence-electron chi connectivity index (χ4n) is 1.85. The highest BCUT2D eigenvalue weighted by molar-refractivity contribution is 5.94. The third-order valence-electron chi connectivity index (χ3n) is 2.89. The van der Waals surface area contributed by atoms with Crippen molar-refractivity contribution in [2.24, 2.45) is 0 Å². The third kappa shape index (κ3) is 5.94. The molecule has 5 nitrogen and oxygen atoms in total. The molecule has 1 rings (SSSR count). The summed E-state index contributed by atoms with van der Waals surface area (Å²) >= 11 is 0. The van der Waals surface area contributed by atoms with E-state index in [0.29, 0.717) is 17.7 Å². The van der Waals surface area contributed by atoms with Crippen molar-refractivity contribution in [3.63, 3.8) is 0 Å². The number of hydrogen-bond acceptors (Lipinski definition) is 4. The van der Waals surface area contributed by atoms with Gasteiger partial charge >= 0.3 is 0 Å². The average molecular weight is 289 g/mol. The Bertz CT molecular complexity index is 518. The summed E-state index contributed by atoms with van der Waals surface area (Å²) in [5.41, 5.74) is 1.17. The number of hydrogen-bond donors (Lipinski definition) is 1. The van der Waals surface area contributed by atoms with Crippen molar-refractivity contribution in [3.8, 4) is 11.8 Å². The number of amides is 1. The van der Waals surface area contributed by atoms with Crippen molar-refractivity contribution in [2.75, 3.05) is 40.3 Å². The summed E-state index contributed by atoms with van der Waals surface area (Å²) in [7, 11) is 3.97. The highest BCUT2D eigenvalue weighted by Gasteiger charge is 2.15. The fourth-order valence-corrected chi connectivity index (χ4v) is 1.85. The Morgan fingerprint density at radius 3 is 2.67 bits per heavy atom. The maximum absolute atomic E-state index is 12.5. The van der Waals surface area contributed by atoms with Crippen LogP contribution in [0, 0.1) is 11.8 Å². The van der Waals surface area contributed by atoms with E-state index in [-0.39, 0.29) is 12.5 Å². The molecule has 1 amide bonds. The summed E-state index contributed by atoms with van der Waals surface area (Å²) in [6, 6.07) is 1.72. The van der Waals surface area contributed by atoms with Crippen LogP contribution in [0.1, 0.15) is 29.3 Å². The number of nitrogens with zero attached hydrogens (tertiary/aromatic N) is 3. The molecule has 5 heteroatoms. The van der Waals surface area contributed by atoms with Crippen LogP contribution < -0.4 is 0 Å². The Morgan fingerprint density at radius 1 is 1.29 bits per heavy atom. The van der Waals surface area contributed by atoms with Gasteiger partial charge in [0, 0.05) is 37.6 Å². The van der Waals surface area contributed by atoms with Crippen LogP contribution in [0.3, 0.4) is 0 Å². The van der Waals surface area contributed by atoms with Gasteiger partial charge in [-0.15, -0.1) is 0 Å². The second-order valence-electron chi connectivity index (χ2n) is 5.02. The number of aliphatic hydroxyl groups excluding tert-OH is 1. The van der Waals surface area contributed by atoms with E-state index in [1.165, 1.54) is 0 Å². The largest absolute Gasteiger partial charge is 0.384 e. The van der Waals surface area contributed by atoms with Gasteiger partial charge < -0.3 is 14.9 Å². The summed E-state index contributed by atoms with van der Waals surface area (Å²) in [6.45, 7) is 4.08. The summed E-state index contributed by atoms with van der Waals surface area (Å²) in [5.74, 6) is 5.30. The monoisotopic (exact) mass is 289 g/mol. The molecule has 0 unspecified atom stereocenters. The van der Waals surface area contributed by atoms with Crippen molar-refractivity contribution in [3.05, 3.63) is 29.6 Å². The molecular weight excluding hydrogens is 266 g/mol. The molecule has 0 radical (unpaired) electrons. The number of likely N-dealkylation sites (N-methyl/N-ethyl adjacent to an activating group) is 1. The highest BCUT2D eigenvalue weighted by Crippen LogP contribution is 2.07. The molecule has 0 bridgehead atoms. The summed E-state index contributed by atoms with van der Waals surface area (Å²) in [6.07, 6.45) is 4.06. The van der Waals surface area contributed by atoms with Gasteiger partial charge in [0.1, 0.15) is 6.61 Å². The van der Waals surface area contributed by atoms with E-state index < -0.39 is 0 Å². The molecule has 0 aromatic carbocycles. The normalized spacial score (nSPS) is 10.1. The van der Waals surface area contributed by atoms with E-state index >= 15 is 0 Å². The number of aromatic nitrogens is 1. The standard InChI is InChI=1S/C16H23N3O2/c1-4-7-19(9-8-18(2)3)16(21)15-11-14(6-5-10-20)12-17-13-15/h11-13,20H,4,7-10H2,1-3H3. The molecule has 0 fully saturated rings. The minimum atomic E-state index is -0.205. The third-order valence-corrected chi connectivity index (χ3v) is 2.89. The first-order valence-electron chi connectivity index (χ1n) is 7.07. The minimum absolute atomic E-state index is 0.0288. The first-order valence-corrected chi connectivity index (χ1v) is 7.07. The Balaban J connectivity index is 2.87. The number of aliphatic hydroxyl groups is 1. The van der Waals surface area contributed by atoms with E-state index in [0.717, 1.165) is 19.5 Å². The lowest BCUT2D eigenvalue weighted by atomic mass is 10.2. The van der Waals surface area contributed by atoms with Crippen LogP contribution >= 0.6 is 0 Å². The zero-order chi connectivity index (χ0) is 15.7. The maximum Gasteiger partial charge on any atom is 0.255 e. The van der Waals surface area contributed by atoms with Gasteiger partial charge in [-0.25, -0.2) is 0 Å². The van der Waals surface area contributed by atoms with Crippen LogP contribution in [0.2, 0.25) is 0 Å². The zero-order valence-electron chi connectivity index (χ0n) is 13.0. The van der Waals surface area contributed by atoms with Crippen molar-refractivity contribution in [2.45, 2.75) is 13.3 Å². The summed E-state index contributed by atoms with van der Waals surface area (Å²) < 4.78 is 0. The summed E-state index contributed by atoms with van der Waals surface area (Å²) in [5, 5.41) is 8.71. The molecule has 1 heterocycles. The second-order valence-corrected chi connectivity index (χ2v) is 5.02. The van der Waals surface area contributed by atoms with Gasteiger partial charge in [-0.2, -0.15) is 0 Å². The molecule has 0 atom stereocenters. The van der Waals surface area contributed by atoms with E-state index in [1.54, 1.807) is 18.5 Å². The molecule has 114 valence electrons. The van der Waals surface area contributed by atoms with Crippen LogP contribution in [0.5, 0.6) is 0 Å². The number of rotatable bonds is 6. The molecule has 0 spiro atoms. The number of pyridine rings is 1. The van der Waals surface area contributed by atoms with Gasteiger partial charge in [0.25, 0.3) is 5.91 Å². The van der Waals surface area contributed by atoms with E-state index in [4.69, 9.17) is 5.11 Å². The smallest absolute Gasteiger partial charge is 0.255 e.